The van der Waals surface area contributed by atoms with Gasteiger partial charge in [-0.3, -0.25) is 4.79 Å². The zero-order valence-corrected chi connectivity index (χ0v) is 9.41. The zero-order valence-electron chi connectivity index (χ0n) is 9.41. The molecule has 2 saturated heterocycles. The minimum absolute atomic E-state index is 0.230. The van der Waals surface area contributed by atoms with Crippen LogP contribution in [0.3, 0.4) is 0 Å². The number of carbonyl (C=O) groups is 1. The molecule has 0 aromatic rings. The fraction of sp³-hybridized carbons (Fsp3) is 0.917. The molecule has 3 atom stereocenters. The molecule has 0 radical (unpaired) electrons. The lowest BCUT2D eigenvalue weighted by molar-refractivity contribution is -0.128. The largest absolute Gasteiger partial charge is 0.356 e. The van der Waals surface area contributed by atoms with Crippen LogP contribution in [0.25, 0.3) is 0 Å². The first-order valence-corrected chi connectivity index (χ1v) is 6.24. The van der Waals surface area contributed by atoms with Gasteiger partial charge in [0, 0.05) is 32.1 Å². The molecule has 3 heteroatoms. The lowest BCUT2D eigenvalue weighted by Gasteiger charge is -2.30. The number of fused-ring (bicyclic) bond motifs is 1. The summed E-state index contributed by atoms with van der Waals surface area (Å²) in [5.74, 6) is 2.82. The number of nitrogens with zero attached hydrogens (tertiary/aromatic N) is 1. The first-order valence-electron chi connectivity index (χ1n) is 6.24. The number of carbonyl (C=O) groups excluding carboxylic acids is 1. The van der Waals surface area contributed by atoms with Crippen LogP contribution in [0.1, 0.15) is 19.8 Å². The monoisotopic (exact) mass is 208 g/mol. The van der Waals surface area contributed by atoms with Crippen molar-refractivity contribution >= 4 is 5.91 Å². The number of nitrogens with one attached hydrogen (secondary N) is 1. The Bertz CT molecular complexity index is 275. The molecule has 1 saturated carbocycles. The summed E-state index contributed by atoms with van der Waals surface area (Å²) in [5.41, 5.74) is 0. The SMILES string of the molecule is C[C@@H]1C(=O)NC[C@H]2CN(CC3CC3)C[C@@H]21. The van der Waals surface area contributed by atoms with Crippen LogP contribution in [0.4, 0.5) is 0 Å². The van der Waals surface area contributed by atoms with E-state index in [9.17, 15) is 4.79 Å². The highest BCUT2D eigenvalue weighted by molar-refractivity contribution is 5.79. The molecular weight excluding hydrogens is 188 g/mol. The third-order valence-corrected chi connectivity index (χ3v) is 4.37. The topological polar surface area (TPSA) is 32.3 Å². The van der Waals surface area contributed by atoms with Crippen LogP contribution in [-0.2, 0) is 4.79 Å². The molecule has 2 heterocycles. The highest BCUT2D eigenvalue weighted by Crippen LogP contribution is 2.36. The normalized spacial score (nSPS) is 41.4. The molecule has 3 fully saturated rings. The Kier molecular flexibility index (Phi) is 2.23. The fourth-order valence-corrected chi connectivity index (χ4v) is 3.17. The maximum absolute atomic E-state index is 11.5. The van der Waals surface area contributed by atoms with Crippen molar-refractivity contribution in [1.29, 1.82) is 0 Å². The molecule has 3 rings (SSSR count). The van der Waals surface area contributed by atoms with Crippen molar-refractivity contribution in [3.63, 3.8) is 0 Å². The van der Waals surface area contributed by atoms with Crippen molar-refractivity contribution in [2.75, 3.05) is 26.2 Å². The quantitative estimate of drug-likeness (QED) is 0.725. The summed E-state index contributed by atoms with van der Waals surface area (Å²) < 4.78 is 0. The molecule has 1 amide bonds. The number of rotatable bonds is 2. The Morgan fingerprint density at radius 1 is 1.40 bits per heavy atom. The molecule has 2 aliphatic heterocycles. The summed E-state index contributed by atoms with van der Waals surface area (Å²) in [6.45, 7) is 6.66. The number of piperidine rings is 1. The van der Waals surface area contributed by atoms with Gasteiger partial charge in [-0.15, -0.1) is 0 Å². The van der Waals surface area contributed by atoms with Gasteiger partial charge < -0.3 is 10.2 Å². The molecule has 0 aromatic carbocycles. The van der Waals surface area contributed by atoms with Gasteiger partial charge in [-0.25, -0.2) is 0 Å². The molecule has 3 aliphatic rings. The number of likely N-dealkylation sites (tertiary alicyclic amines) is 1. The van der Waals surface area contributed by atoms with Crippen molar-refractivity contribution in [2.24, 2.45) is 23.7 Å². The molecule has 0 spiro atoms. The van der Waals surface area contributed by atoms with Crippen LogP contribution in [0.15, 0.2) is 0 Å². The van der Waals surface area contributed by atoms with Gasteiger partial charge in [-0.2, -0.15) is 0 Å². The second-order valence-corrected chi connectivity index (χ2v) is 5.62. The van der Waals surface area contributed by atoms with E-state index in [-0.39, 0.29) is 11.8 Å². The summed E-state index contributed by atoms with van der Waals surface area (Å²) in [4.78, 5) is 14.1. The summed E-state index contributed by atoms with van der Waals surface area (Å²) >= 11 is 0. The predicted molar refractivity (Wildman–Crippen MR) is 58.3 cm³/mol. The van der Waals surface area contributed by atoms with Crippen molar-refractivity contribution in [3.05, 3.63) is 0 Å². The molecule has 1 aliphatic carbocycles. The van der Waals surface area contributed by atoms with Gasteiger partial charge in [0.05, 0.1) is 0 Å². The van der Waals surface area contributed by atoms with E-state index in [0.29, 0.717) is 5.92 Å². The van der Waals surface area contributed by atoms with E-state index < -0.39 is 0 Å². The second kappa shape index (κ2) is 3.48. The summed E-state index contributed by atoms with van der Waals surface area (Å²) in [5, 5.41) is 3.03. The average molecular weight is 208 g/mol. The van der Waals surface area contributed by atoms with E-state index in [2.05, 4.69) is 17.1 Å². The number of hydrogen-bond donors (Lipinski definition) is 1. The van der Waals surface area contributed by atoms with Gasteiger partial charge in [0.2, 0.25) is 5.91 Å². The fourth-order valence-electron chi connectivity index (χ4n) is 3.17. The first kappa shape index (κ1) is 9.64. The highest BCUT2D eigenvalue weighted by Gasteiger charge is 2.42. The summed E-state index contributed by atoms with van der Waals surface area (Å²) in [7, 11) is 0. The van der Waals surface area contributed by atoms with Crippen molar-refractivity contribution < 1.29 is 4.79 Å². The van der Waals surface area contributed by atoms with Gasteiger partial charge in [0.1, 0.15) is 0 Å². The van der Waals surface area contributed by atoms with Crippen molar-refractivity contribution in [3.8, 4) is 0 Å². The summed E-state index contributed by atoms with van der Waals surface area (Å²) in [6, 6.07) is 0. The third kappa shape index (κ3) is 1.78. The number of amides is 1. The predicted octanol–water partition coefficient (Wildman–Crippen LogP) is 0.710. The van der Waals surface area contributed by atoms with E-state index in [1.54, 1.807) is 0 Å². The van der Waals surface area contributed by atoms with Gasteiger partial charge in [-0.1, -0.05) is 6.92 Å². The van der Waals surface area contributed by atoms with Crippen LogP contribution >= 0.6 is 0 Å². The van der Waals surface area contributed by atoms with Gasteiger partial charge >= 0.3 is 0 Å². The van der Waals surface area contributed by atoms with E-state index >= 15 is 0 Å². The zero-order chi connectivity index (χ0) is 10.4. The van der Waals surface area contributed by atoms with E-state index in [0.717, 1.165) is 24.9 Å². The molecule has 0 bridgehead atoms. The molecule has 84 valence electrons. The Labute approximate surface area is 91.2 Å². The molecule has 0 aromatic heterocycles. The minimum Gasteiger partial charge on any atom is -0.356 e. The summed E-state index contributed by atoms with van der Waals surface area (Å²) in [6.07, 6.45) is 2.86. The van der Waals surface area contributed by atoms with Gasteiger partial charge in [0.15, 0.2) is 0 Å². The van der Waals surface area contributed by atoms with Gasteiger partial charge in [0.25, 0.3) is 0 Å². The van der Waals surface area contributed by atoms with Crippen molar-refractivity contribution in [2.45, 2.75) is 19.8 Å². The Balaban J connectivity index is 1.63. The van der Waals surface area contributed by atoms with E-state index in [1.165, 1.54) is 25.9 Å². The minimum atomic E-state index is 0.230. The lowest BCUT2D eigenvalue weighted by atomic mass is 9.81. The van der Waals surface area contributed by atoms with Crippen LogP contribution < -0.4 is 5.32 Å². The second-order valence-electron chi connectivity index (χ2n) is 5.62. The molecular formula is C12H20N2O. The van der Waals surface area contributed by atoms with Crippen LogP contribution in [0, 0.1) is 23.7 Å². The number of hydrogen-bond acceptors (Lipinski definition) is 2. The standard InChI is InChI=1S/C12H20N2O/c1-8-11-7-14(5-9-2-3-9)6-10(11)4-13-12(8)15/h8-11H,2-7H2,1H3,(H,13,15)/t8-,10-,11+/m0/s1. The molecule has 1 N–H and O–H groups in total. The maximum Gasteiger partial charge on any atom is 0.223 e. The molecule has 3 nitrogen and oxygen atoms in total. The van der Waals surface area contributed by atoms with Crippen LogP contribution in [0.2, 0.25) is 0 Å². The third-order valence-electron chi connectivity index (χ3n) is 4.37. The average Bonchev–Trinajstić information content (AvgIpc) is 2.91. The first-order chi connectivity index (χ1) is 7.24. The van der Waals surface area contributed by atoms with E-state index in [4.69, 9.17) is 0 Å². The molecule has 15 heavy (non-hydrogen) atoms. The maximum atomic E-state index is 11.5. The van der Waals surface area contributed by atoms with E-state index in [1.807, 2.05) is 0 Å². The lowest BCUT2D eigenvalue weighted by Crippen LogP contribution is -2.46. The van der Waals surface area contributed by atoms with Crippen molar-refractivity contribution in [1.82, 2.24) is 10.2 Å². The van der Waals surface area contributed by atoms with Crippen LogP contribution in [-0.4, -0.2) is 37.0 Å². The van der Waals surface area contributed by atoms with Gasteiger partial charge in [-0.05, 0) is 30.6 Å². The Hall–Kier alpha value is -0.570. The Morgan fingerprint density at radius 2 is 2.20 bits per heavy atom. The Morgan fingerprint density at radius 3 is 2.93 bits per heavy atom. The van der Waals surface area contributed by atoms with Crippen LogP contribution in [0.5, 0.6) is 0 Å². The smallest absolute Gasteiger partial charge is 0.223 e. The molecule has 0 unspecified atom stereocenters. The highest BCUT2D eigenvalue weighted by atomic mass is 16.1.